The molecule has 238 valence electrons. The number of anilines is 2. The molecule has 3 fully saturated rings. The Bertz CT molecular complexity index is 1960. The lowest BCUT2D eigenvalue weighted by Crippen LogP contribution is -2.43. The van der Waals surface area contributed by atoms with E-state index in [9.17, 15) is 44.5 Å². The van der Waals surface area contributed by atoms with E-state index in [-0.39, 0.29) is 52.7 Å². The van der Waals surface area contributed by atoms with E-state index in [0.717, 1.165) is 21.9 Å². The number of phenols is 1. The lowest BCUT2D eigenvalue weighted by Gasteiger charge is -2.44. The molecule has 0 spiro atoms. The Morgan fingerprint density at radius 1 is 0.745 bits per heavy atom. The average molecular weight is 639 g/mol. The monoisotopic (exact) mass is 638 g/mol. The fourth-order valence-electron chi connectivity index (χ4n) is 7.93. The van der Waals surface area contributed by atoms with Crippen molar-refractivity contribution in [1.29, 1.82) is 0 Å². The van der Waals surface area contributed by atoms with E-state index in [1.807, 2.05) is 0 Å². The Balaban J connectivity index is 1.35. The normalized spacial score (nSPS) is 26.4. The van der Waals surface area contributed by atoms with Gasteiger partial charge in [0.05, 0.1) is 52.0 Å². The summed E-state index contributed by atoms with van der Waals surface area (Å²) in [6.45, 7) is 0. The van der Waals surface area contributed by atoms with Crippen LogP contribution in [0.4, 0.5) is 22.7 Å². The van der Waals surface area contributed by atoms with Crippen LogP contribution in [-0.4, -0.2) is 45.7 Å². The van der Waals surface area contributed by atoms with Crippen LogP contribution < -0.4 is 14.5 Å². The molecule has 14 heteroatoms. The van der Waals surface area contributed by atoms with Gasteiger partial charge in [0.15, 0.2) is 0 Å². The van der Waals surface area contributed by atoms with Crippen LogP contribution in [0.25, 0.3) is 0 Å². The zero-order valence-corrected chi connectivity index (χ0v) is 24.7. The lowest BCUT2D eigenvalue weighted by molar-refractivity contribution is -0.385. The summed E-state index contributed by atoms with van der Waals surface area (Å²) < 4.78 is 5.60. The van der Waals surface area contributed by atoms with Crippen molar-refractivity contribution in [2.75, 3.05) is 16.9 Å². The van der Waals surface area contributed by atoms with Crippen molar-refractivity contribution in [3.05, 3.63) is 104 Å². The molecule has 6 atom stereocenters. The number of rotatable bonds is 6. The first-order valence-corrected chi connectivity index (χ1v) is 14.8. The minimum atomic E-state index is -1.05. The van der Waals surface area contributed by atoms with Crippen LogP contribution in [0.1, 0.15) is 24.3 Å². The maximum Gasteiger partial charge on any atom is 0.271 e. The van der Waals surface area contributed by atoms with Crippen molar-refractivity contribution in [3.8, 4) is 11.5 Å². The van der Waals surface area contributed by atoms with Gasteiger partial charge in [-0.25, -0.2) is 9.80 Å². The van der Waals surface area contributed by atoms with Gasteiger partial charge < -0.3 is 9.84 Å². The van der Waals surface area contributed by atoms with Gasteiger partial charge in [0.2, 0.25) is 23.6 Å². The second-order valence-corrected chi connectivity index (χ2v) is 12.0. The van der Waals surface area contributed by atoms with Crippen LogP contribution in [0.3, 0.4) is 0 Å². The standard InChI is InChI=1S/C33H26N4O10/c1-47-25-10-4-9-24(38)29(25)27-20-11-12-21-26(32(41)34(30(21)39)16-5-2-7-18(13-16)36(43)44)22(20)15-23-28(27)33(42)35(31(23)40)17-6-3-8-19(14-17)37(45)46/h2-11,13-14,21-23,26-28,38H,12,15H2,1H3. The molecule has 47 heavy (non-hydrogen) atoms. The van der Waals surface area contributed by atoms with Crippen molar-refractivity contribution >= 4 is 46.4 Å². The second kappa shape index (κ2) is 10.9. The van der Waals surface area contributed by atoms with Gasteiger partial charge >= 0.3 is 0 Å². The molecule has 1 saturated carbocycles. The highest BCUT2D eigenvalue weighted by Gasteiger charge is 2.63. The highest BCUT2D eigenvalue weighted by molar-refractivity contribution is 6.24. The molecule has 2 heterocycles. The molecular weight excluding hydrogens is 612 g/mol. The number of amides is 4. The molecule has 1 N–H and O–H groups in total. The third-order valence-corrected chi connectivity index (χ3v) is 9.82. The number of hydrogen-bond donors (Lipinski definition) is 1. The van der Waals surface area contributed by atoms with Gasteiger partial charge in [0, 0.05) is 35.7 Å². The quantitative estimate of drug-likeness (QED) is 0.177. The van der Waals surface area contributed by atoms with Crippen molar-refractivity contribution in [1.82, 2.24) is 0 Å². The average Bonchev–Trinajstić information content (AvgIpc) is 3.47. The number of benzene rings is 3. The van der Waals surface area contributed by atoms with E-state index in [1.54, 1.807) is 18.2 Å². The maximum absolute atomic E-state index is 14.3. The van der Waals surface area contributed by atoms with E-state index >= 15 is 0 Å². The summed E-state index contributed by atoms with van der Waals surface area (Å²) in [7, 11) is 1.40. The van der Waals surface area contributed by atoms with Gasteiger partial charge in [-0.05, 0) is 43.0 Å². The van der Waals surface area contributed by atoms with Crippen LogP contribution in [-0.2, 0) is 19.2 Å². The van der Waals surface area contributed by atoms with Gasteiger partial charge in [-0.1, -0.05) is 29.8 Å². The summed E-state index contributed by atoms with van der Waals surface area (Å²) in [5, 5.41) is 34.1. The Morgan fingerprint density at radius 3 is 1.87 bits per heavy atom. The minimum absolute atomic E-state index is 0.0157. The van der Waals surface area contributed by atoms with Crippen LogP contribution in [0.2, 0.25) is 0 Å². The predicted octanol–water partition coefficient (Wildman–Crippen LogP) is 4.26. The molecule has 4 aliphatic rings. The topological polar surface area (TPSA) is 190 Å². The molecule has 2 aliphatic carbocycles. The summed E-state index contributed by atoms with van der Waals surface area (Å²) in [4.78, 5) is 79.9. The van der Waals surface area contributed by atoms with Crippen molar-refractivity contribution in [2.24, 2.45) is 29.6 Å². The molecule has 2 aliphatic heterocycles. The number of fused-ring (bicyclic) bond motifs is 4. The number of nitrogens with zero attached hydrogens (tertiary/aromatic N) is 4. The summed E-state index contributed by atoms with van der Waals surface area (Å²) in [6, 6.07) is 15.0. The number of carbonyl (C=O) groups excluding carboxylic acids is 4. The highest BCUT2D eigenvalue weighted by Crippen LogP contribution is 2.60. The number of methoxy groups -OCH3 is 1. The van der Waals surface area contributed by atoms with Crippen molar-refractivity contribution < 1.29 is 38.9 Å². The van der Waals surface area contributed by atoms with Gasteiger partial charge in [0.25, 0.3) is 11.4 Å². The van der Waals surface area contributed by atoms with Crippen LogP contribution >= 0.6 is 0 Å². The fourth-order valence-corrected chi connectivity index (χ4v) is 7.93. The zero-order valence-electron chi connectivity index (χ0n) is 24.7. The molecule has 2 saturated heterocycles. The molecule has 6 unspecified atom stereocenters. The molecular formula is C33H26N4O10. The van der Waals surface area contributed by atoms with Crippen LogP contribution in [0.5, 0.6) is 11.5 Å². The predicted molar refractivity (Wildman–Crippen MR) is 163 cm³/mol. The molecule has 0 radical (unpaired) electrons. The van der Waals surface area contributed by atoms with Gasteiger partial charge in [-0.2, -0.15) is 0 Å². The number of ether oxygens (including phenoxy) is 1. The number of aromatic hydroxyl groups is 1. The maximum atomic E-state index is 14.3. The number of phenolic OH excluding ortho intramolecular Hbond substituents is 1. The van der Waals surface area contributed by atoms with Gasteiger partial charge in [-0.15, -0.1) is 0 Å². The highest BCUT2D eigenvalue weighted by atomic mass is 16.6. The molecule has 3 aromatic rings. The zero-order chi connectivity index (χ0) is 33.3. The third kappa shape index (κ3) is 4.39. The summed E-state index contributed by atoms with van der Waals surface area (Å²) in [6.07, 6.45) is 1.92. The first kappa shape index (κ1) is 29.8. The van der Waals surface area contributed by atoms with E-state index in [4.69, 9.17) is 4.74 Å². The smallest absolute Gasteiger partial charge is 0.271 e. The molecule has 4 amide bonds. The lowest BCUT2D eigenvalue weighted by atomic mass is 9.57. The molecule has 0 aromatic heterocycles. The van der Waals surface area contributed by atoms with Crippen molar-refractivity contribution in [3.63, 3.8) is 0 Å². The molecule has 0 bridgehead atoms. The second-order valence-electron chi connectivity index (χ2n) is 12.0. The van der Waals surface area contributed by atoms with E-state index in [0.29, 0.717) is 5.57 Å². The number of allylic oxidation sites excluding steroid dienone is 2. The molecule has 3 aromatic carbocycles. The number of nitro benzene ring substituents is 2. The Kier molecular flexibility index (Phi) is 6.88. The largest absolute Gasteiger partial charge is 0.508 e. The molecule has 7 rings (SSSR count). The first-order valence-electron chi connectivity index (χ1n) is 14.8. The van der Waals surface area contributed by atoms with E-state index in [2.05, 4.69) is 0 Å². The summed E-state index contributed by atoms with van der Waals surface area (Å²) in [5.41, 5.74) is 0.310. The van der Waals surface area contributed by atoms with Gasteiger partial charge in [0.1, 0.15) is 11.5 Å². The Morgan fingerprint density at radius 2 is 1.30 bits per heavy atom. The number of nitro groups is 2. The summed E-state index contributed by atoms with van der Waals surface area (Å²) >= 11 is 0. The minimum Gasteiger partial charge on any atom is -0.508 e. The molecule has 14 nitrogen and oxygen atoms in total. The van der Waals surface area contributed by atoms with Crippen LogP contribution in [0.15, 0.2) is 78.4 Å². The number of imide groups is 2. The van der Waals surface area contributed by atoms with Crippen molar-refractivity contribution in [2.45, 2.75) is 18.8 Å². The van der Waals surface area contributed by atoms with Crippen LogP contribution in [0, 0.1) is 49.8 Å². The first-order chi connectivity index (χ1) is 22.5. The van der Waals surface area contributed by atoms with E-state index < -0.39 is 69.0 Å². The number of non-ortho nitro benzene ring substituents is 2. The van der Waals surface area contributed by atoms with E-state index in [1.165, 1.54) is 49.6 Å². The Hall–Kier alpha value is -5.92. The number of hydrogen-bond acceptors (Lipinski definition) is 10. The fraction of sp³-hybridized carbons (Fsp3) is 0.273. The Labute approximate surface area is 266 Å². The number of carbonyl (C=O) groups is 4. The summed E-state index contributed by atoms with van der Waals surface area (Å²) in [5.74, 6) is -7.77. The SMILES string of the molecule is COc1cccc(O)c1C1C2=CCC3C(=O)N(c4cccc([N+](=O)[O-])c4)C(=O)C3C2CC2C(=O)N(c3cccc([N+](=O)[O-])c3)C(=O)C21. The third-order valence-electron chi connectivity index (χ3n) is 9.82. The van der Waals surface area contributed by atoms with Gasteiger partial charge in [-0.3, -0.25) is 39.4 Å².